The van der Waals surface area contributed by atoms with Gasteiger partial charge in [-0.2, -0.15) is 0 Å². The van der Waals surface area contributed by atoms with E-state index in [1.54, 1.807) is 12.1 Å². The Kier molecular flexibility index (Phi) is 4.13. The van der Waals surface area contributed by atoms with Crippen molar-refractivity contribution >= 4 is 29.1 Å². The van der Waals surface area contributed by atoms with Crippen molar-refractivity contribution in [3.63, 3.8) is 0 Å². The number of primary amides is 1. The van der Waals surface area contributed by atoms with E-state index < -0.39 is 5.91 Å². The zero-order valence-electron chi connectivity index (χ0n) is 8.50. The number of nitrogens with one attached hydrogen (secondary N) is 1. The molecule has 0 spiro atoms. The average molecular weight is 242 g/mol. The monoisotopic (exact) mass is 241 g/mol. The van der Waals surface area contributed by atoms with Gasteiger partial charge in [-0.1, -0.05) is 11.6 Å². The first-order valence-corrected chi connectivity index (χ1v) is 5.00. The maximum Gasteiger partial charge on any atom is 0.252 e. The molecule has 0 aliphatic heterocycles. The molecule has 0 saturated carbocycles. The van der Waals surface area contributed by atoms with Crippen molar-refractivity contribution < 1.29 is 9.59 Å². The van der Waals surface area contributed by atoms with Crippen LogP contribution in [0.5, 0.6) is 0 Å². The first-order valence-electron chi connectivity index (χ1n) is 4.62. The fourth-order valence-corrected chi connectivity index (χ4v) is 1.31. The highest BCUT2D eigenvalue weighted by Crippen LogP contribution is 2.18. The minimum absolute atomic E-state index is 0.0890. The Morgan fingerprint density at radius 3 is 2.69 bits per heavy atom. The van der Waals surface area contributed by atoms with Gasteiger partial charge in [0.25, 0.3) is 5.91 Å². The van der Waals surface area contributed by atoms with Gasteiger partial charge in [0.2, 0.25) is 5.91 Å². The van der Waals surface area contributed by atoms with Gasteiger partial charge in [-0.25, -0.2) is 0 Å². The van der Waals surface area contributed by atoms with Crippen LogP contribution in [-0.4, -0.2) is 18.4 Å². The third-order valence-corrected chi connectivity index (χ3v) is 2.22. The highest BCUT2D eigenvalue weighted by atomic mass is 35.5. The predicted molar refractivity (Wildman–Crippen MR) is 62.0 cm³/mol. The van der Waals surface area contributed by atoms with Gasteiger partial charge >= 0.3 is 0 Å². The summed E-state index contributed by atoms with van der Waals surface area (Å²) in [7, 11) is 0. The smallest absolute Gasteiger partial charge is 0.252 e. The molecule has 16 heavy (non-hydrogen) atoms. The average Bonchev–Trinajstić information content (AvgIpc) is 2.21. The molecule has 2 amide bonds. The molecule has 5 N–H and O–H groups in total. The van der Waals surface area contributed by atoms with Crippen LogP contribution in [0.25, 0.3) is 0 Å². The van der Waals surface area contributed by atoms with Crippen LogP contribution < -0.4 is 16.8 Å². The summed E-state index contributed by atoms with van der Waals surface area (Å²) in [5.74, 6) is -0.850. The van der Waals surface area contributed by atoms with E-state index in [2.05, 4.69) is 5.32 Å². The second-order valence-corrected chi connectivity index (χ2v) is 3.62. The van der Waals surface area contributed by atoms with E-state index in [4.69, 9.17) is 23.1 Å². The number of amides is 2. The molecule has 0 unspecified atom stereocenters. The van der Waals surface area contributed by atoms with E-state index in [9.17, 15) is 9.59 Å². The standard InChI is InChI=1S/C10H12ClN3O2/c11-8-2-1-6(12)5-7(8)10(16)14-4-3-9(13)15/h1-2,5H,3-4,12H2,(H2,13,15)(H,14,16). The lowest BCUT2D eigenvalue weighted by Crippen LogP contribution is -2.28. The molecule has 6 heteroatoms. The quantitative estimate of drug-likeness (QED) is 0.671. The molecule has 0 fully saturated rings. The highest BCUT2D eigenvalue weighted by molar-refractivity contribution is 6.34. The number of halogens is 1. The van der Waals surface area contributed by atoms with Crippen LogP contribution in [0.1, 0.15) is 16.8 Å². The maximum atomic E-state index is 11.6. The van der Waals surface area contributed by atoms with Crippen molar-refractivity contribution in [1.82, 2.24) is 5.32 Å². The van der Waals surface area contributed by atoms with Crippen molar-refractivity contribution in [2.75, 3.05) is 12.3 Å². The molecule has 1 aromatic rings. The molecule has 1 aromatic carbocycles. The van der Waals surface area contributed by atoms with Gasteiger partial charge in [-0.3, -0.25) is 9.59 Å². The number of carbonyl (C=O) groups excluding carboxylic acids is 2. The third-order valence-electron chi connectivity index (χ3n) is 1.89. The summed E-state index contributed by atoms with van der Waals surface area (Å²) in [5, 5.41) is 2.83. The summed E-state index contributed by atoms with van der Waals surface area (Å²) in [5.41, 5.74) is 11.2. The zero-order valence-corrected chi connectivity index (χ0v) is 9.25. The number of benzene rings is 1. The molecule has 5 nitrogen and oxygen atoms in total. The van der Waals surface area contributed by atoms with Gasteiger partial charge < -0.3 is 16.8 Å². The summed E-state index contributed by atoms with van der Waals surface area (Å²) >= 11 is 5.82. The molecular formula is C10H12ClN3O2. The van der Waals surface area contributed by atoms with E-state index in [0.717, 1.165) is 0 Å². The first-order chi connectivity index (χ1) is 7.50. The fraction of sp³-hybridized carbons (Fsp3) is 0.200. The van der Waals surface area contributed by atoms with Crippen molar-refractivity contribution in [3.8, 4) is 0 Å². The Balaban J connectivity index is 2.65. The number of rotatable bonds is 4. The number of hydrogen-bond acceptors (Lipinski definition) is 3. The molecule has 0 radical (unpaired) electrons. The predicted octanol–water partition coefficient (Wildman–Crippen LogP) is 0.527. The normalized spacial score (nSPS) is 9.81. The molecule has 86 valence electrons. The Labute approximate surface area is 97.7 Å². The van der Waals surface area contributed by atoms with Gasteiger partial charge in [0.15, 0.2) is 0 Å². The van der Waals surface area contributed by atoms with Crippen molar-refractivity contribution in [2.24, 2.45) is 5.73 Å². The zero-order chi connectivity index (χ0) is 12.1. The molecule has 0 aromatic heterocycles. The van der Waals surface area contributed by atoms with Crippen LogP contribution in [0.15, 0.2) is 18.2 Å². The van der Waals surface area contributed by atoms with Crippen LogP contribution in [0.2, 0.25) is 5.02 Å². The molecule has 0 bridgehead atoms. The Hall–Kier alpha value is -1.75. The third kappa shape index (κ3) is 3.43. The largest absolute Gasteiger partial charge is 0.399 e. The number of nitrogens with two attached hydrogens (primary N) is 2. The van der Waals surface area contributed by atoms with Crippen molar-refractivity contribution in [3.05, 3.63) is 28.8 Å². The molecule has 0 atom stereocenters. The second-order valence-electron chi connectivity index (χ2n) is 3.21. The molecule has 0 heterocycles. The molecule has 1 rings (SSSR count). The van der Waals surface area contributed by atoms with Gasteiger partial charge in [0.1, 0.15) is 0 Å². The minimum Gasteiger partial charge on any atom is -0.399 e. The first kappa shape index (κ1) is 12.3. The lowest BCUT2D eigenvalue weighted by atomic mass is 10.2. The van der Waals surface area contributed by atoms with Crippen molar-refractivity contribution in [1.29, 1.82) is 0 Å². The van der Waals surface area contributed by atoms with E-state index in [-0.39, 0.29) is 24.4 Å². The van der Waals surface area contributed by atoms with E-state index in [1.165, 1.54) is 6.07 Å². The van der Waals surface area contributed by atoms with Crippen LogP contribution in [-0.2, 0) is 4.79 Å². The number of hydrogen-bond donors (Lipinski definition) is 3. The SMILES string of the molecule is NC(=O)CCNC(=O)c1cc(N)ccc1Cl. The fourth-order valence-electron chi connectivity index (χ4n) is 1.11. The van der Waals surface area contributed by atoms with Gasteiger partial charge in [0, 0.05) is 18.7 Å². The minimum atomic E-state index is -0.473. The summed E-state index contributed by atoms with van der Waals surface area (Å²) < 4.78 is 0. The van der Waals surface area contributed by atoms with E-state index in [1.807, 2.05) is 0 Å². The highest BCUT2D eigenvalue weighted by Gasteiger charge is 2.10. The molecular weight excluding hydrogens is 230 g/mol. The molecule has 0 saturated heterocycles. The summed E-state index contributed by atoms with van der Waals surface area (Å²) in [6, 6.07) is 4.62. The second kappa shape index (κ2) is 5.37. The Bertz CT molecular complexity index is 421. The lowest BCUT2D eigenvalue weighted by molar-refractivity contribution is -0.117. The number of carbonyl (C=O) groups is 2. The number of nitrogen functional groups attached to an aromatic ring is 1. The van der Waals surface area contributed by atoms with Crippen LogP contribution in [0, 0.1) is 0 Å². The van der Waals surface area contributed by atoms with E-state index >= 15 is 0 Å². The maximum absolute atomic E-state index is 11.6. The topological polar surface area (TPSA) is 98.2 Å². The van der Waals surface area contributed by atoms with Crippen LogP contribution >= 0.6 is 11.6 Å². The molecule has 0 aliphatic rings. The Morgan fingerprint density at radius 1 is 1.38 bits per heavy atom. The molecule has 0 aliphatic carbocycles. The number of anilines is 1. The van der Waals surface area contributed by atoms with Gasteiger partial charge in [-0.15, -0.1) is 0 Å². The van der Waals surface area contributed by atoms with Crippen LogP contribution in [0.4, 0.5) is 5.69 Å². The van der Waals surface area contributed by atoms with Crippen molar-refractivity contribution in [2.45, 2.75) is 6.42 Å². The van der Waals surface area contributed by atoms with Crippen LogP contribution in [0.3, 0.4) is 0 Å². The van der Waals surface area contributed by atoms with E-state index in [0.29, 0.717) is 10.7 Å². The summed E-state index contributed by atoms with van der Waals surface area (Å²) in [6.07, 6.45) is 0.0890. The van der Waals surface area contributed by atoms with Gasteiger partial charge in [0.05, 0.1) is 10.6 Å². The lowest BCUT2D eigenvalue weighted by Gasteiger charge is -2.06. The summed E-state index contributed by atoms with van der Waals surface area (Å²) in [6.45, 7) is 0.180. The summed E-state index contributed by atoms with van der Waals surface area (Å²) in [4.78, 5) is 22.1. The van der Waals surface area contributed by atoms with Gasteiger partial charge in [-0.05, 0) is 18.2 Å². The Morgan fingerprint density at radius 2 is 2.06 bits per heavy atom.